The van der Waals surface area contributed by atoms with Gasteiger partial charge in [-0.2, -0.15) is 15.0 Å². The Morgan fingerprint density at radius 1 is 0.604 bits per heavy atom. The Morgan fingerprint density at radius 3 is 1.42 bits per heavy atom. The SMILES string of the molecule is CC1(C)CC(Nc2nc(Oc3ccccc3)nc(N(C3CC(C)(C)N([O])C(C)(C)C3)C3CC(C)(C)N([O])C(C)(C)C3)n2)CC(C)(C)N1[O]. The molecule has 1 aromatic heterocycles. The van der Waals surface area contributed by atoms with Crippen LogP contribution >= 0.6 is 0 Å². The Morgan fingerprint density at radius 2 is 1.00 bits per heavy atom. The van der Waals surface area contributed by atoms with Crippen molar-refractivity contribution in [3.8, 4) is 11.8 Å². The Hall–Kier alpha value is -2.61. The molecular weight excluding hydrogens is 608 g/mol. The molecule has 12 nitrogen and oxygen atoms in total. The molecule has 3 radical (unpaired) electrons. The van der Waals surface area contributed by atoms with Crippen LogP contribution < -0.4 is 15.0 Å². The Balaban J connectivity index is 1.63. The average molecular weight is 666 g/mol. The molecule has 12 heteroatoms. The molecule has 2 aromatic rings. The maximum absolute atomic E-state index is 13.5. The number of ether oxygens (including phenoxy) is 1. The molecule has 0 saturated carbocycles. The lowest BCUT2D eigenvalue weighted by Gasteiger charge is -2.57. The third kappa shape index (κ3) is 7.29. The van der Waals surface area contributed by atoms with Gasteiger partial charge in [-0.3, -0.25) is 0 Å². The van der Waals surface area contributed by atoms with Crippen LogP contribution in [0.3, 0.4) is 0 Å². The number of rotatable bonds is 7. The van der Waals surface area contributed by atoms with E-state index in [0.29, 0.717) is 56.2 Å². The molecule has 0 atom stereocenters. The van der Waals surface area contributed by atoms with Gasteiger partial charge < -0.3 is 15.0 Å². The Kier molecular flexibility index (Phi) is 9.40. The van der Waals surface area contributed by atoms with Crippen LogP contribution in [0.5, 0.6) is 11.8 Å². The number of aromatic nitrogens is 3. The van der Waals surface area contributed by atoms with E-state index in [1.54, 1.807) is 0 Å². The van der Waals surface area contributed by atoms with Crippen molar-refractivity contribution in [1.82, 2.24) is 30.1 Å². The molecule has 5 rings (SSSR count). The standard InChI is InChI=1S/C36H57N8O4/c1-31(2)18-24(19-32(3,4)42(31)45)37-28-38-29(40-30(39-28)48-27-16-14-13-15-17-27)41(25-20-33(5,6)43(46)34(7,8)21-25)26-22-35(9,10)44(47)36(11,12)23-26/h13-17,24-26H,18-23H2,1-12H3,(H,37,38,39,40). The second-order valence-corrected chi connectivity index (χ2v) is 18.2. The van der Waals surface area contributed by atoms with E-state index >= 15 is 0 Å². The van der Waals surface area contributed by atoms with Gasteiger partial charge >= 0.3 is 6.01 Å². The van der Waals surface area contributed by atoms with Gasteiger partial charge in [0.25, 0.3) is 0 Å². The van der Waals surface area contributed by atoms with Crippen LogP contribution in [-0.4, -0.2) is 81.5 Å². The normalized spacial score (nSPS) is 26.2. The summed E-state index contributed by atoms with van der Waals surface area (Å²) in [5, 5.41) is 47.4. The summed E-state index contributed by atoms with van der Waals surface area (Å²) in [6, 6.07) is 9.30. The number of para-hydroxylation sites is 1. The molecule has 48 heavy (non-hydrogen) atoms. The highest BCUT2D eigenvalue weighted by Crippen LogP contribution is 2.46. The van der Waals surface area contributed by atoms with Crippen LogP contribution in [0.15, 0.2) is 30.3 Å². The number of hydroxylamine groups is 6. The molecule has 3 fully saturated rings. The van der Waals surface area contributed by atoms with Crippen molar-refractivity contribution in [2.75, 3.05) is 10.2 Å². The molecule has 1 N–H and O–H groups in total. The summed E-state index contributed by atoms with van der Waals surface area (Å²) in [5.74, 6) is 1.41. The smallest absolute Gasteiger partial charge is 0.328 e. The lowest BCUT2D eigenvalue weighted by atomic mass is 9.75. The fourth-order valence-electron chi connectivity index (χ4n) is 9.15. The number of anilines is 2. The van der Waals surface area contributed by atoms with Crippen LogP contribution in [0.2, 0.25) is 0 Å². The van der Waals surface area contributed by atoms with Crippen molar-refractivity contribution in [2.24, 2.45) is 0 Å². The van der Waals surface area contributed by atoms with Crippen molar-refractivity contribution >= 4 is 11.9 Å². The third-order valence-corrected chi connectivity index (χ3v) is 10.6. The largest absolute Gasteiger partial charge is 0.424 e. The van der Waals surface area contributed by atoms with Gasteiger partial charge in [-0.1, -0.05) is 18.2 Å². The van der Waals surface area contributed by atoms with E-state index in [1.807, 2.05) is 113 Å². The van der Waals surface area contributed by atoms with E-state index in [2.05, 4.69) is 10.2 Å². The highest BCUT2D eigenvalue weighted by molar-refractivity contribution is 5.43. The van der Waals surface area contributed by atoms with Crippen LogP contribution in [-0.2, 0) is 15.6 Å². The van der Waals surface area contributed by atoms with Gasteiger partial charge in [0.05, 0.1) is 0 Å². The van der Waals surface area contributed by atoms with Gasteiger partial charge in [-0.25, -0.2) is 0 Å². The number of piperidine rings is 3. The summed E-state index contributed by atoms with van der Waals surface area (Å²) in [4.78, 5) is 17.1. The monoisotopic (exact) mass is 665 g/mol. The first-order valence-electron chi connectivity index (χ1n) is 17.4. The molecule has 0 amide bonds. The zero-order valence-corrected chi connectivity index (χ0v) is 31.1. The number of benzene rings is 1. The second kappa shape index (κ2) is 12.3. The molecule has 3 saturated heterocycles. The topological polar surface area (TPSA) is 133 Å². The minimum atomic E-state index is -0.643. The van der Waals surface area contributed by atoms with E-state index in [9.17, 15) is 15.6 Å². The van der Waals surface area contributed by atoms with Gasteiger partial charge in [0.1, 0.15) is 5.75 Å². The van der Waals surface area contributed by atoms with Crippen molar-refractivity contribution in [1.29, 1.82) is 0 Å². The average Bonchev–Trinajstić information content (AvgIpc) is 2.93. The zero-order valence-electron chi connectivity index (χ0n) is 31.1. The van der Waals surface area contributed by atoms with Gasteiger partial charge in [0.2, 0.25) is 11.9 Å². The van der Waals surface area contributed by atoms with E-state index in [-0.39, 0.29) is 24.1 Å². The predicted molar refractivity (Wildman–Crippen MR) is 184 cm³/mol. The van der Waals surface area contributed by atoms with E-state index in [1.165, 1.54) is 15.2 Å². The van der Waals surface area contributed by atoms with Crippen molar-refractivity contribution in [2.45, 2.75) is 173 Å². The summed E-state index contributed by atoms with van der Waals surface area (Å²) >= 11 is 0. The third-order valence-electron chi connectivity index (χ3n) is 10.6. The first-order chi connectivity index (χ1) is 21.9. The molecular formula is C36H57N8O4. The van der Waals surface area contributed by atoms with Crippen molar-refractivity contribution in [3.63, 3.8) is 0 Å². The summed E-state index contributed by atoms with van der Waals surface area (Å²) in [6.45, 7) is 23.9. The van der Waals surface area contributed by atoms with Gasteiger partial charge in [-0.15, -0.1) is 30.8 Å². The molecule has 4 heterocycles. The summed E-state index contributed by atoms with van der Waals surface area (Å²) < 4.78 is 6.27. The molecule has 0 aliphatic carbocycles. The van der Waals surface area contributed by atoms with Crippen molar-refractivity contribution < 1.29 is 20.4 Å². The van der Waals surface area contributed by atoms with Crippen LogP contribution in [0.4, 0.5) is 11.9 Å². The van der Waals surface area contributed by atoms with Crippen LogP contribution in [0.25, 0.3) is 0 Å². The molecule has 265 valence electrons. The minimum Gasteiger partial charge on any atom is -0.424 e. The van der Waals surface area contributed by atoms with Crippen LogP contribution in [0, 0.1) is 0 Å². The van der Waals surface area contributed by atoms with E-state index in [4.69, 9.17) is 19.7 Å². The number of nitrogens with one attached hydrogen (secondary N) is 1. The van der Waals surface area contributed by atoms with Crippen molar-refractivity contribution in [3.05, 3.63) is 30.3 Å². The Bertz CT molecular complexity index is 1350. The first kappa shape index (κ1) is 36.7. The predicted octanol–water partition coefficient (Wildman–Crippen LogP) is 6.98. The second-order valence-electron chi connectivity index (χ2n) is 18.2. The number of hydrogen-bond donors (Lipinski definition) is 1. The highest BCUT2D eigenvalue weighted by atomic mass is 16.5. The van der Waals surface area contributed by atoms with Gasteiger partial charge in [-0.05, 0) is 134 Å². The molecule has 3 aliphatic heterocycles. The maximum Gasteiger partial charge on any atom is 0.328 e. The highest BCUT2D eigenvalue weighted by Gasteiger charge is 2.53. The Labute approximate surface area is 287 Å². The fraction of sp³-hybridized carbons (Fsp3) is 0.750. The molecule has 3 aliphatic rings. The summed E-state index contributed by atoms with van der Waals surface area (Å²) in [7, 11) is 0. The molecule has 1 aromatic carbocycles. The fourth-order valence-corrected chi connectivity index (χ4v) is 9.15. The van der Waals surface area contributed by atoms with Gasteiger partial charge in [0, 0.05) is 51.4 Å². The van der Waals surface area contributed by atoms with Gasteiger partial charge in [0.15, 0.2) is 0 Å². The van der Waals surface area contributed by atoms with E-state index < -0.39 is 33.2 Å². The number of nitrogens with zero attached hydrogens (tertiary/aromatic N) is 7. The zero-order chi connectivity index (χ0) is 35.7. The summed E-state index contributed by atoms with van der Waals surface area (Å²) in [5.41, 5.74) is -3.74. The maximum atomic E-state index is 13.5. The molecule has 0 unspecified atom stereocenters. The molecule has 0 bridgehead atoms. The first-order valence-corrected chi connectivity index (χ1v) is 17.4. The van der Waals surface area contributed by atoms with E-state index in [0.717, 1.165) is 0 Å². The quantitative estimate of drug-likeness (QED) is 0.332. The van der Waals surface area contributed by atoms with Crippen LogP contribution in [0.1, 0.15) is 122 Å². The summed E-state index contributed by atoms with van der Waals surface area (Å²) in [6.07, 6.45) is 3.57. The minimum absolute atomic E-state index is 0.0726. The lowest BCUT2D eigenvalue weighted by molar-refractivity contribution is -0.294. The lowest BCUT2D eigenvalue weighted by Crippen LogP contribution is -2.67. The number of hydrogen-bond acceptors (Lipinski definition) is 9. The molecule has 0 spiro atoms.